The average molecular weight is 445 g/mol. The molecule has 3 heterocycles. The molecule has 5 atom stereocenters. The van der Waals surface area contributed by atoms with E-state index in [1.165, 1.54) is 0 Å². The second kappa shape index (κ2) is 7.02. The molecule has 6 nitrogen and oxygen atoms in total. The molecule has 0 aromatic carbocycles. The Morgan fingerprint density at radius 1 is 1.58 bits per heavy atom. The number of aromatic nitrogens is 2. The fourth-order valence-electron chi connectivity index (χ4n) is 4.00. The number of nitrogens with zero attached hydrogens (tertiary/aromatic N) is 2. The van der Waals surface area contributed by atoms with Crippen molar-refractivity contribution in [1.29, 1.82) is 0 Å². The van der Waals surface area contributed by atoms with Crippen LogP contribution in [0.4, 0.5) is 0 Å². The lowest BCUT2D eigenvalue weighted by Crippen LogP contribution is -2.48. The summed E-state index contributed by atoms with van der Waals surface area (Å²) in [7, 11) is 0. The molecule has 8 heteroatoms. The normalized spacial score (nSPS) is 36.4. The van der Waals surface area contributed by atoms with E-state index in [4.69, 9.17) is 16.3 Å². The number of hydrogen-bond donors (Lipinski definition) is 2. The van der Waals surface area contributed by atoms with Crippen molar-refractivity contribution in [2.45, 2.75) is 61.8 Å². The number of allylic oxidation sites excluding steroid dienone is 1. The lowest BCUT2D eigenvalue weighted by atomic mass is 9.91. The molecule has 2 fully saturated rings. The van der Waals surface area contributed by atoms with Crippen LogP contribution in [0.5, 0.6) is 0 Å². The number of aliphatic hydroxyl groups is 1. The Morgan fingerprint density at radius 2 is 2.35 bits per heavy atom. The zero-order valence-corrected chi connectivity index (χ0v) is 17.0. The highest BCUT2D eigenvalue weighted by atomic mass is 79.9. The van der Waals surface area contributed by atoms with Crippen LogP contribution in [0.1, 0.15) is 43.4 Å². The summed E-state index contributed by atoms with van der Waals surface area (Å²) in [6, 6.07) is 0.0116. The van der Waals surface area contributed by atoms with E-state index >= 15 is 0 Å². The van der Waals surface area contributed by atoms with Crippen LogP contribution in [-0.4, -0.2) is 50.9 Å². The largest absolute Gasteiger partial charge is 0.392 e. The van der Waals surface area contributed by atoms with Gasteiger partial charge in [-0.25, -0.2) is 4.98 Å². The van der Waals surface area contributed by atoms with Crippen molar-refractivity contribution in [2.75, 3.05) is 13.2 Å². The molecular weight excluding hydrogens is 422 g/mol. The van der Waals surface area contributed by atoms with Crippen LogP contribution in [0.2, 0.25) is 0 Å². The van der Waals surface area contributed by atoms with Crippen molar-refractivity contribution in [2.24, 2.45) is 0 Å². The molecule has 2 aliphatic heterocycles. The van der Waals surface area contributed by atoms with E-state index < -0.39 is 5.60 Å². The molecule has 2 N–H and O–H groups in total. The number of epoxide rings is 1. The first-order valence-electron chi connectivity index (χ1n) is 9.06. The maximum absolute atomic E-state index is 13.0. The summed E-state index contributed by atoms with van der Waals surface area (Å²) in [5, 5.41) is 13.3. The number of ether oxygens (including phenoxy) is 1. The highest BCUT2D eigenvalue weighted by molar-refractivity contribution is 9.11. The van der Waals surface area contributed by atoms with Gasteiger partial charge in [0.15, 0.2) is 0 Å². The van der Waals surface area contributed by atoms with Crippen molar-refractivity contribution in [3.63, 3.8) is 0 Å². The second-order valence-electron chi connectivity index (χ2n) is 7.64. The summed E-state index contributed by atoms with van der Waals surface area (Å²) in [5.41, 5.74) is 0.876. The number of rotatable bonds is 4. The SMILES string of the molecule is CC1c2c(ncn(CC3(CC4NCCCC4O)CO3)c2=O)C=C(Br)C1Cl. The monoisotopic (exact) mass is 443 g/mol. The fourth-order valence-corrected chi connectivity index (χ4v) is 4.80. The molecule has 26 heavy (non-hydrogen) atoms. The zero-order valence-electron chi connectivity index (χ0n) is 14.6. The molecular formula is C18H23BrClN3O3. The maximum Gasteiger partial charge on any atom is 0.257 e. The predicted molar refractivity (Wildman–Crippen MR) is 104 cm³/mol. The number of aliphatic hydroxyl groups excluding tert-OH is 1. The summed E-state index contributed by atoms with van der Waals surface area (Å²) in [6.07, 6.45) is 5.54. The molecule has 1 aromatic rings. The number of fused-ring (bicyclic) bond motifs is 1. The molecule has 1 aromatic heterocycles. The van der Waals surface area contributed by atoms with Gasteiger partial charge in [-0.05, 0) is 31.9 Å². The Kier molecular flexibility index (Phi) is 5.03. The van der Waals surface area contributed by atoms with Gasteiger partial charge in [-0.3, -0.25) is 9.36 Å². The van der Waals surface area contributed by atoms with Crippen LogP contribution in [-0.2, 0) is 11.3 Å². The molecule has 0 saturated carbocycles. The average Bonchev–Trinajstić information content (AvgIpc) is 3.37. The summed E-state index contributed by atoms with van der Waals surface area (Å²) in [4.78, 5) is 17.5. The van der Waals surface area contributed by atoms with Gasteiger partial charge in [0.25, 0.3) is 5.56 Å². The summed E-state index contributed by atoms with van der Waals surface area (Å²) in [6.45, 7) is 3.90. The molecule has 0 radical (unpaired) electrons. The third-order valence-corrected chi connectivity index (χ3v) is 7.29. The molecule has 142 valence electrons. The van der Waals surface area contributed by atoms with E-state index in [0.717, 1.165) is 23.9 Å². The summed E-state index contributed by atoms with van der Waals surface area (Å²) >= 11 is 9.86. The van der Waals surface area contributed by atoms with E-state index in [1.54, 1.807) is 10.9 Å². The smallest absolute Gasteiger partial charge is 0.257 e. The van der Waals surface area contributed by atoms with Gasteiger partial charge < -0.3 is 15.2 Å². The molecule has 3 aliphatic rings. The van der Waals surface area contributed by atoms with E-state index in [1.807, 2.05) is 13.0 Å². The first kappa shape index (κ1) is 18.6. The highest BCUT2D eigenvalue weighted by Crippen LogP contribution is 2.38. The number of nitrogens with one attached hydrogen (secondary N) is 1. The number of halogens is 2. The maximum atomic E-state index is 13.0. The summed E-state index contributed by atoms with van der Waals surface area (Å²) in [5.74, 6) is -0.114. The molecule has 2 saturated heterocycles. The minimum Gasteiger partial charge on any atom is -0.392 e. The molecule has 0 bridgehead atoms. The first-order chi connectivity index (χ1) is 12.4. The highest BCUT2D eigenvalue weighted by Gasteiger charge is 2.48. The molecule has 5 unspecified atom stereocenters. The van der Waals surface area contributed by atoms with E-state index in [-0.39, 0.29) is 29.0 Å². The van der Waals surface area contributed by atoms with Gasteiger partial charge >= 0.3 is 0 Å². The van der Waals surface area contributed by atoms with E-state index in [9.17, 15) is 9.90 Å². The molecule has 4 rings (SSSR count). The lowest BCUT2D eigenvalue weighted by molar-refractivity contribution is 0.0753. The van der Waals surface area contributed by atoms with Crippen molar-refractivity contribution in [3.05, 3.63) is 32.4 Å². The minimum absolute atomic E-state index is 0.0116. The fraction of sp³-hybridized carbons (Fsp3) is 0.667. The van der Waals surface area contributed by atoms with Gasteiger partial charge in [-0.1, -0.05) is 22.9 Å². The molecule has 0 amide bonds. The molecule has 1 aliphatic carbocycles. The van der Waals surface area contributed by atoms with E-state index in [2.05, 4.69) is 26.2 Å². The Morgan fingerprint density at radius 3 is 3.04 bits per heavy atom. The third kappa shape index (κ3) is 3.40. The Balaban J connectivity index is 1.57. The molecule has 0 spiro atoms. The number of alkyl halides is 1. The van der Waals surface area contributed by atoms with Crippen LogP contribution < -0.4 is 10.9 Å². The minimum atomic E-state index is -0.398. The Hall–Kier alpha value is -0.730. The number of piperidine rings is 1. The van der Waals surface area contributed by atoms with Crippen LogP contribution in [0.15, 0.2) is 15.6 Å². The predicted octanol–water partition coefficient (Wildman–Crippen LogP) is 1.98. The second-order valence-corrected chi connectivity index (χ2v) is 9.03. The van der Waals surface area contributed by atoms with Gasteiger partial charge in [0.05, 0.1) is 36.7 Å². The Labute approximate surface area is 165 Å². The van der Waals surface area contributed by atoms with Gasteiger partial charge in [0.1, 0.15) is 5.60 Å². The quantitative estimate of drug-likeness (QED) is 0.548. The third-order valence-electron chi connectivity index (χ3n) is 5.69. The standard InChI is InChI=1S/C18H23BrClN3O3/c1-10-15-12(5-11(19)16(10)20)22-9-23(17(15)25)7-18(8-26-18)6-13-14(24)3-2-4-21-13/h5,9-10,13-14,16,21,24H,2-4,6-8H2,1H3. The van der Waals surface area contributed by atoms with Crippen LogP contribution in [0.3, 0.4) is 0 Å². The topological polar surface area (TPSA) is 79.7 Å². The Bertz CT molecular complexity index is 792. The van der Waals surface area contributed by atoms with Crippen molar-refractivity contribution < 1.29 is 9.84 Å². The van der Waals surface area contributed by atoms with Crippen LogP contribution in [0.25, 0.3) is 6.08 Å². The van der Waals surface area contributed by atoms with Gasteiger partial charge in [0.2, 0.25) is 0 Å². The van der Waals surface area contributed by atoms with Crippen LogP contribution >= 0.6 is 27.5 Å². The number of hydrogen-bond acceptors (Lipinski definition) is 5. The van der Waals surface area contributed by atoms with Gasteiger partial charge in [-0.15, -0.1) is 11.6 Å². The van der Waals surface area contributed by atoms with Crippen molar-refractivity contribution >= 4 is 33.6 Å². The summed E-state index contributed by atoms with van der Waals surface area (Å²) < 4.78 is 8.21. The van der Waals surface area contributed by atoms with E-state index in [0.29, 0.717) is 30.8 Å². The first-order valence-corrected chi connectivity index (χ1v) is 10.3. The van der Waals surface area contributed by atoms with Crippen molar-refractivity contribution in [3.8, 4) is 0 Å². The van der Waals surface area contributed by atoms with Crippen LogP contribution in [0, 0.1) is 0 Å². The van der Waals surface area contributed by atoms with Gasteiger partial charge in [-0.2, -0.15) is 0 Å². The lowest BCUT2D eigenvalue weighted by Gasteiger charge is -2.31. The van der Waals surface area contributed by atoms with Crippen molar-refractivity contribution in [1.82, 2.24) is 14.9 Å². The van der Waals surface area contributed by atoms with Gasteiger partial charge in [0, 0.05) is 22.0 Å². The zero-order chi connectivity index (χ0) is 18.5.